The number of nitrogens with one attached hydrogen (secondary N) is 1. The molecule has 1 aliphatic carbocycles. The minimum Gasteiger partial charge on any atom is -0.325 e. The van der Waals surface area contributed by atoms with Crippen molar-refractivity contribution >= 4 is 23.2 Å². The topological polar surface area (TPSA) is 85.2 Å². The lowest BCUT2D eigenvalue weighted by molar-refractivity contribution is -0.139. The highest BCUT2D eigenvalue weighted by molar-refractivity contribution is 6.28. The summed E-state index contributed by atoms with van der Waals surface area (Å²) in [5.41, 5.74) is -1.70. The Hall–Kier alpha value is -4.01. The number of rotatable bonds is 3. The Bertz CT molecular complexity index is 1310. The van der Waals surface area contributed by atoms with E-state index in [1.54, 1.807) is 18.2 Å². The number of alkyl halides is 3. The average molecular weight is 426 g/mol. The molecule has 6 nitrogen and oxygen atoms in total. The minimum absolute atomic E-state index is 0.109. The minimum atomic E-state index is -4.84. The molecule has 0 aliphatic heterocycles. The Morgan fingerprint density at radius 2 is 1.45 bits per heavy atom. The lowest BCUT2D eigenvalue weighted by Gasteiger charge is -2.18. The van der Waals surface area contributed by atoms with Crippen LogP contribution in [0, 0.1) is 0 Å². The number of hydrogen-bond acceptors (Lipinski definition) is 4. The standard InChI is InChI=1S/C22H13F3N2O4/c23-22(24,25)17-6-3-9-27(21(17)31)11-18(28)26-12-7-8-15-16(10-12)20(30)14-5-2-1-4-13(14)19(15)29/h1-10H,11H2,(H,26,28). The molecule has 3 aromatic rings. The maximum Gasteiger partial charge on any atom is 0.421 e. The fourth-order valence-corrected chi connectivity index (χ4v) is 3.41. The molecule has 1 heterocycles. The van der Waals surface area contributed by atoms with Crippen molar-refractivity contribution in [2.45, 2.75) is 12.7 Å². The molecule has 0 radical (unpaired) electrons. The zero-order chi connectivity index (χ0) is 22.3. The molecule has 31 heavy (non-hydrogen) atoms. The first-order chi connectivity index (χ1) is 14.7. The van der Waals surface area contributed by atoms with Crippen LogP contribution in [0.4, 0.5) is 18.9 Å². The fraction of sp³-hybridized carbons (Fsp3) is 0.0909. The highest BCUT2D eigenvalue weighted by atomic mass is 19.4. The van der Waals surface area contributed by atoms with Crippen LogP contribution in [0.2, 0.25) is 0 Å². The van der Waals surface area contributed by atoms with E-state index in [-0.39, 0.29) is 33.9 Å². The number of carbonyl (C=O) groups is 3. The Kier molecular flexibility index (Phi) is 4.81. The van der Waals surface area contributed by atoms with Gasteiger partial charge in [0.05, 0.1) is 0 Å². The Morgan fingerprint density at radius 1 is 0.839 bits per heavy atom. The molecular formula is C22H13F3N2O4. The average Bonchev–Trinajstić information content (AvgIpc) is 2.72. The van der Waals surface area contributed by atoms with Crippen LogP contribution in [0.25, 0.3) is 0 Å². The summed E-state index contributed by atoms with van der Waals surface area (Å²) in [5, 5.41) is 2.44. The summed E-state index contributed by atoms with van der Waals surface area (Å²) >= 11 is 0. The summed E-state index contributed by atoms with van der Waals surface area (Å²) in [7, 11) is 0. The van der Waals surface area contributed by atoms with Crippen LogP contribution in [0.5, 0.6) is 0 Å². The van der Waals surface area contributed by atoms with Gasteiger partial charge < -0.3 is 9.88 Å². The van der Waals surface area contributed by atoms with Crippen LogP contribution in [0.15, 0.2) is 65.6 Å². The summed E-state index contributed by atoms with van der Waals surface area (Å²) in [6, 6.07) is 12.2. The van der Waals surface area contributed by atoms with Gasteiger partial charge in [-0.2, -0.15) is 13.2 Å². The molecule has 1 aliphatic rings. The van der Waals surface area contributed by atoms with Gasteiger partial charge in [-0.05, 0) is 30.3 Å². The third kappa shape index (κ3) is 3.65. The summed E-state index contributed by atoms with van der Waals surface area (Å²) in [6.07, 6.45) is -3.76. The monoisotopic (exact) mass is 426 g/mol. The van der Waals surface area contributed by atoms with Crippen molar-refractivity contribution in [2.24, 2.45) is 0 Å². The van der Waals surface area contributed by atoms with Gasteiger partial charge in [-0.1, -0.05) is 24.3 Å². The number of fused-ring (bicyclic) bond motifs is 2. The molecule has 0 bridgehead atoms. The van der Waals surface area contributed by atoms with Crippen molar-refractivity contribution in [1.82, 2.24) is 4.57 Å². The van der Waals surface area contributed by atoms with Gasteiger partial charge in [0.15, 0.2) is 11.6 Å². The van der Waals surface area contributed by atoms with Crippen LogP contribution in [-0.4, -0.2) is 22.0 Å². The van der Waals surface area contributed by atoms with Crippen LogP contribution >= 0.6 is 0 Å². The summed E-state index contributed by atoms with van der Waals surface area (Å²) in [4.78, 5) is 49.6. The van der Waals surface area contributed by atoms with Gasteiger partial charge >= 0.3 is 6.18 Å². The van der Waals surface area contributed by atoms with Crippen LogP contribution in [0.1, 0.15) is 37.4 Å². The number of benzene rings is 2. The summed E-state index contributed by atoms with van der Waals surface area (Å²) in [6.45, 7) is -0.657. The molecule has 0 saturated heterocycles. The number of ketones is 2. The van der Waals surface area contributed by atoms with E-state index in [2.05, 4.69) is 5.32 Å². The normalized spacial score (nSPS) is 12.9. The maximum atomic E-state index is 12.9. The number of halogens is 3. The van der Waals surface area contributed by atoms with Gasteiger partial charge in [-0.3, -0.25) is 19.2 Å². The van der Waals surface area contributed by atoms with E-state index in [0.29, 0.717) is 16.2 Å². The first-order valence-corrected chi connectivity index (χ1v) is 9.06. The molecule has 0 spiro atoms. The number of nitrogens with zero attached hydrogens (tertiary/aromatic N) is 1. The van der Waals surface area contributed by atoms with Crippen LogP contribution < -0.4 is 10.9 Å². The van der Waals surface area contributed by atoms with Crippen LogP contribution in [0.3, 0.4) is 0 Å². The first kappa shape index (κ1) is 20.3. The zero-order valence-corrected chi connectivity index (χ0v) is 15.7. The highest BCUT2D eigenvalue weighted by Gasteiger charge is 2.34. The third-order valence-electron chi connectivity index (χ3n) is 4.85. The third-order valence-corrected chi connectivity index (χ3v) is 4.85. The molecule has 1 N–H and O–H groups in total. The second kappa shape index (κ2) is 7.35. The number of aromatic nitrogens is 1. The molecule has 0 unspecified atom stereocenters. The van der Waals surface area contributed by atoms with Gasteiger partial charge in [-0.25, -0.2) is 0 Å². The molecule has 0 atom stereocenters. The van der Waals surface area contributed by atoms with E-state index in [1.807, 2.05) is 0 Å². The zero-order valence-electron chi connectivity index (χ0n) is 15.7. The van der Waals surface area contributed by atoms with Crippen molar-refractivity contribution in [3.05, 3.63) is 99.0 Å². The van der Waals surface area contributed by atoms with Gasteiger partial charge in [0.1, 0.15) is 12.1 Å². The van der Waals surface area contributed by atoms with Crippen molar-refractivity contribution in [3.8, 4) is 0 Å². The largest absolute Gasteiger partial charge is 0.421 e. The molecule has 0 saturated carbocycles. The molecule has 9 heteroatoms. The number of pyridine rings is 1. The lowest BCUT2D eigenvalue weighted by Crippen LogP contribution is -2.32. The second-order valence-electron chi connectivity index (χ2n) is 6.87. The summed E-state index contributed by atoms with van der Waals surface area (Å²) in [5.74, 6) is -1.47. The summed E-state index contributed by atoms with van der Waals surface area (Å²) < 4.78 is 39.3. The van der Waals surface area contributed by atoms with E-state index in [4.69, 9.17) is 0 Å². The van der Waals surface area contributed by atoms with E-state index in [9.17, 15) is 32.3 Å². The highest BCUT2D eigenvalue weighted by Crippen LogP contribution is 2.29. The second-order valence-corrected chi connectivity index (χ2v) is 6.87. The molecule has 1 amide bonds. The van der Waals surface area contributed by atoms with Gasteiger partial charge in [0.25, 0.3) is 5.56 Å². The Balaban J connectivity index is 1.58. The van der Waals surface area contributed by atoms with Gasteiger partial charge in [-0.15, -0.1) is 0 Å². The molecule has 2 aromatic carbocycles. The van der Waals surface area contributed by atoms with Crippen molar-refractivity contribution < 1.29 is 27.6 Å². The predicted molar refractivity (Wildman–Crippen MR) is 104 cm³/mol. The number of carbonyl (C=O) groups excluding carboxylic acids is 3. The molecule has 4 rings (SSSR count). The molecule has 156 valence electrons. The Morgan fingerprint density at radius 3 is 2.10 bits per heavy atom. The van der Waals surface area contributed by atoms with Crippen molar-refractivity contribution in [1.29, 1.82) is 0 Å². The molecular weight excluding hydrogens is 413 g/mol. The quantitative estimate of drug-likeness (QED) is 0.545. The number of amides is 1. The fourth-order valence-electron chi connectivity index (χ4n) is 3.41. The Labute approximate surface area is 172 Å². The lowest BCUT2D eigenvalue weighted by atomic mass is 9.84. The van der Waals surface area contributed by atoms with Gasteiger partial charge in [0.2, 0.25) is 5.91 Å². The van der Waals surface area contributed by atoms with E-state index < -0.39 is 29.8 Å². The van der Waals surface area contributed by atoms with Crippen LogP contribution in [-0.2, 0) is 17.5 Å². The number of anilines is 1. The van der Waals surface area contributed by atoms with Gasteiger partial charge in [0, 0.05) is 34.1 Å². The molecule has 1 aromatic heterocycles. The van der Waals surface area contributed by atoms with E-state index in [1.165, 1.54) is 24.3 Å². The smallest absolute Gasteiger partial charge is 0.325 e. The first-order valence-electron chi connectivity index (χ1n) is 9.06. The van der Waals surface area contributed by atoms with E-state index in [0.717, 1.165) is 12.3 Å². The van der Waals surface area contributed by atoms with E-state index >= 15 is 0 Å². The van der Waals surface area contributed by atoms with Crippen molar-refractivity contribution in [2.75, 3.05) is 5.32 Å². The predicted octanol–water partition coefficient (Wildman–Crippen LogP) is 3.28. The molecule has 0 fully saturated rings. The van der Waals surface area contributed by atoms with Crippen molar-refractivity contribution in [3.63, 3.8) is 0 Å². The maximum absolute atomic E-state index is 12.9. The SMILES string of the molecule is O=C(Cn1cccc(C(F)(F)F)c1=O)Nc1ccc2c(c1)C(=O)c1ccccc1C2=O. The number of hydrogen-bond donors (Lipinski definition) is 1.